The molecule has 1 aromatic rings. The van der Waals surface area contributed by atoms with Crippen molar-refractivity contribution in [1.82, 2.24) is 0 Å². The summed E-state index contributed by atoms with van der Waals surface area (Å²) < 4.78 is 22.9. The SMILES string of the molecule is CC(C)S(=O)(=O)[B]c1ccccc1. The third-order valence-corrected chi connectivity index (χ3v) is 3.67. The van der Waals surface area contributed by atoms with Gasteiger partial charge in [0.05, 0.1) is 0 Å². The highest BCUT2D eigenvalue weighted by Crippen LogP contribution is 1.98. The van der Waals surface area contributed by atoms with Crippen molar-refractivity contribution in [3.8, 4) is 0 Å². The van der Waals surface area contributed by atoms with Gasteiger partial charge in [-0.15, -0.1) is 0 Å². The van der Waals surface area contributed by atoms with Crippen LogP contribution in [0.3, 0.4) is 0 Å². The van der Waals surface area contributed by atoms with Gasteiger partial charge in [0, 0.05) is 5.25 Å². The Balaban J connectivity index is 2.82. The van der Waals surface area contributed by atoms with Gasteiger partial charge in [-0.05, 0) is 13.8 Å². The molecule has 0 unspecified atom stereocenters. The summed E-state index contributed by atoms with van der Waals surface area (Å²) in [5.74, 6) is 0. The van der Waals surface area contributed by atoms with Crippen molar-refractivity contribution in [2.24, 2.45) is 0 Å². The molecule has 1 aromatic carbocycles. The molecule has 69 valence electrons. The lowest BCUT2D eigenvalue weighted by Gasteiger charge is -2.05. The van der Waals surface area contributed by atoms with Crippen molar-refractivity contribution in [3.05, 3.63) is 30.3 Å². The summed E-state index contributed by atoms with van der Waals surface area (Å²) in [6.45, 7) is 4.67. The second kappa shape index (κ2) is 3.96. The van der Waals surface area contributed by atoms with E-state index in [4.69, 9.17) is 0 Å². The van der Waals surface area contributed by atoms with Crippen LogP contribution in [0.4, 0.5) is 0 Å². The highest BCUT2D eigenvalue weighted by molar-refractivity contribution is 8.16. The molecule has 0 saturated heterocycles. The predicted octanol–water partition coefficient (Wildman–Crippen LogP) is 0.754. The smallest absolute Gasteiger partial charge is 0.241 e. The number of benzene rings is 1. The third kappa shape index (κ3) is 2.88. The molecule has 0 N–H and O–H groups in total. The van der Waals surface area contributed by atoms with E-state index in [9.17, 15) is 8.42 Å². The standard InChI is InChI=1S/C9H12BO2S/c1-8(2)13(11,12)10-9-6-4-3-5-7-9/h3-8H,1-2H3. The van der Waals surface area contributed by atoms with Crippen molar-refractivity contribution in [2.45, 2.75) is 19.1 Å². The first-order chi connectivity index (χ1) is 6.02. The van der Waals surface area contributed by atoms with Gasteiger partial charge in [-0.3, -0.25) is 0 Å². The Morgan fingerprint density at radius 3 is 2.15 bits per heavy atom. The molecule has 0 atom stereocenters. The molecular formula is C9H12BO2S. The van der Waals surface area contributed by atoms with Crippen molar-refractivity contribution < 1.29 is 8.42 Å². The van der Waals surface area contributed by atoms with Crippen LogP contribution in [0, 0.1) is 0 Å². The highest BCUT2D eigenvalue weighted by atomic mass is 32.2. The summed E-state index contributed by atoms with van der Waals surface area (Å²) in [4.78, 5) is 0. The maximum atomic E-state index is 11.4. The predicted molar refractivity (Wildman–Crippen MR) is 55.9 cm³/mol. The Bertz CT molecular complexity index is 356. The van der Waals surface area contributed by atoms with Crippen LogP contribution in [0.1, 0.15) is 13.8 Å². The molecule has 0 amide bonds. The van der Waals surface area contributed by atoms with Crippen molar-refractivity contribution in [2.75, 3.05) is 0 Å². The number of hydrogen-bond acceptors (Lipinski definition) is 2. The molecule has 0 spiro atoms. The van der Waals surface area contributed by atoms with E-state index in [0.717, 1.165) is 5.46 Å². The Hall–Kier alpha value is -0.765. The molecule has 0 aromatic heterocycles. The van der Waals surface area contributed by atoms with E-state index in [0.29, 0.717) is 0 Å². The first kappa shape index (κ1) is 10.3. The molecule has 0 saturated carbocycles. The second-order valence-corrected chi connectivity index (χ2v) is 5.52. The van der Waals surface area contributed by atoms with Crippen LogP contribution >= 0.6 is 0 Å². The van der Waals surface area contributed by atoms with Crippen LogP contribution in [0.15, 0.2) is 30.3 Å². The van der Waals surface area contributed by atoms with Crippen molar-refractivity contribution in [3.63, 3.8) is 0 Å². The van der Waals surface area contributed by atoms with Gasteiger partial charge >= 0.3 is 6.56 Å². The van der Waals surface area contributed by atoms with Gasteiger partial charge in [-0.1, -0.05) is 35.8 Å². The van der Waals surface area contributed by atoms with Crippen molar-refractivity contribution in [1.29, 1.82) is 0 Å². The normalized spacial score (nSPS) is 11.6. The molecule has 1 rings (SSSR count). The largest absolute Gasteiger partial charge is 0.317 e. The monoisotopic (exact) mass is 195 g/mol. The van der Waals surface area contributed by atoms with Crippen LogP contribution in [0.5, 0.6) is 0 Å². The second-order valence-electron chi connectivity index (χ2n) is 3.17. The van der Waals surface area contributed by atoms with E-state index in [1.165, 1.54) is 6.56 Å². The molecule has 0 heterocycles. The highest BCUT2D eigenvalue weighted by Gasteiger charge is 2.18. The summed E-state index contributed by atoms with van der Waals surface area (Å²) in [6, 6.07) is 9.06. The zero-order chi connectivity index (χ0) is 9.90. The number of rotatable bonds is 3. The molecule has 4 heteroatoms. The first-order valence-electron chi connectivity index (χ1n) is 4.16. The maximum absolute atomic E-state index is 11.4. The van der Waals surface area contributed by atoms with Crippen LogP contribution in [-0.4, -0.2) is 20.2 Å². The summed E-state index contributed by atoms with van der Waals surface area (Å²) >= 11 is 0. The zero-order valence-electron chi connectivity index (χ0n) is 7.77. The van der Waals surface area contributed by atoms with E-state index in [-0.39, 0.29) is 5.25 Å². The fourth-order valence-corrected chi connectivity index (χ4v) is 1.67. The fraction of sp³-hybridized carbons (Fsp3) is 0.333. The van der Waals surface area contributed by atoms with Gasteiger partial charge in [0.25, 0.3) is 0 Å². The average Bonchev–Trinajstić information content (AvgIpc) is 2.05. The quantitative estimate of drug-likeness (QED) is 0.667. The first-order valence-corrected chi connectivity index (χ1v) is 5.77. The summed E-state index contributed by atoms with van der Waals surface area (Å²) in [6.07, 6.45) is 0. The zero-order valence-corrected chi connectivity index (χ0v) is 8.58. The Kier molecular flexibility index (Phi) is 3.14. The summed E-state index contributed by atoms with van der Waals surface area (Å²) in [5, 5.41) is -0.354. The molecule has 1 radical (unpaired) electrons. The summed E-state index contributed by atoms with van der Waals surface area (Å²) in [7, 11) is -3.08. The maximum Gasteiger partial charge on any atom is 0.317 e. The minimum Gasteiger partial charge on any atom is -0.241 e. The van der Waals surface area contributed by atoms with E-state index in [1.807, 2.05) is 18.2 Å². The Morgan fingerprint density at radius 1 is 1.15 bits per heavy atom. The number of hydrogen-bond donors (Lipinski definition) is 0. The van der Waals surface area contributed by atoms with Crippen LogP contribution in [0.2, 0.25) is 0 Å². The van der Waals surface area contributed by atoms with E-state index < -0.39 is 9.69 Å². The van der Waals surface area contributed by atoms with Gasteiger partial charge in [0.2, 0.25) is 0 Å². The van der Waals surface area contributed by atoms with Crippen LogP contribution in [0.25, 0.3) is 0 Å². The fourth-order valence-electron chi connectivity index (χ4n) is 0.857. The molecule has 0 aliphatic heterocycles. The van der Waals surface area contributed by atoms with Gasteiger partial charge < -0.3 is 0 Å². The molecular weight excluding hydrogens is 183 g/mol. The molecule has 0 bridgehead atoms. The minimum absolute atomic E-state index is 0.354. The minimum atomic E-state index is -3.08. The van der Waals surface area contributed by atoms with Crippen LogP contribution < -0.4 is 5.46 Å². The van der Waals surface area contributed by atoms with Crippen molar-refractivity contribution >= 4 is 21.7 Å². The third-order valence-electron chi connectivity index (χ3n) is 1.76. The van der Waals surface area contributed by atoms with E-state index in [1.54, 1.807) is 26.0 Å². The lowest BCUT2D eigenvalue weighted by Crippen LogP contribution is -2.29. The molecule has 13 heavy (non-hydrogen) atoms. The Morgan fingerprint density at radius 2 is 1.69 bits per heavy atom. The topological polar surface area (TPSA) is 34.1 Å². The van der Waals surface area contributed by atoms with Gasteiger partial charge in [0.15, 0.2) is 0 Å². The summed E-state index contributed by atoms with van der Waals surface area (Å²) in [5.41, 5.74) is 0.733. The van der Waals surface area contributed by atoms with Gasteiger partial charge in [-0.25, -0.2) is 8.42 Å². The molecule has 0 aliphatic rings. The van der Waals surface area contributed by atoms with E-state index >= 15 is 0 Å². The molecule has 0 aliphatic carbocycles. The molecule has 0 fully saturated rings. The molecule has 2 nitrogen and oxygen atoms in total. The van der Waals surface area contributed by atoms with Gasteiger partial charge in [-0.2, -0.15) is 0 Å². The Labute approximate surface area is 80.0 Å². The lowest BCUT2D eigenvalue weighted by molar-refractivity contribution is 0.601. The van der Waals surface area contributed by atoms with E-state index in [2.05, 4.69) is 0 Å². The van der Waals surface area contributed by atoms with Gasteiger partial charge in [0.1, 0.15) is 9.69 Å². The lowest BCUT2D eigenvalue weighted by atomic mass is 9.95. The average molecular weight is 195 g/mol. The van der Waals surface area contributed by atoms with Crippen LogP contribution in [-0.2, 0) is 9.69 Å².